The normalized spacial score (nSPS) is 11.9. The van der Waals surface area contributed by atoms with Gasteiger partial charge in [0, 0.05) is 13.1 Å². The molecule has 1 heterocycles. The second kappa shape index (κ2) is 6.66. The van der Waals surface area contributed by atoms with Gasteiger partial charge in [-0.15, -0.1) is 11.6 Å². The van der Waals surface area contributed by atoms with E-state index in [9.17, 15) is 9.59 Å². The highest BCUT2D eigenvalue weighted by Crippen LogP contribution is 2.13. The van der Waals surface area contributed by atoms with Gasteiger partial charge in [0.15, 0.2) is 10.4 Å². The van der Waals surface area contributed by atoms with Gasteiger partial charge in [-0.2, -0.15) is 0 Å². The van der Waals surface area contributed by atoms with Crippen molar-refractivity contribution in [1.29, 1.82) is 0 Å². The number of halogens is 2. The fraction of sp³-hybridized carbons (Fsp3) is 0.400. The number of furan rings is 1. The van der Waals surface area contributed by atoms with E-state index in [-0.39, 0.29) is 17.6 Å². The zero-order valence-corrected chi connectivity index (χ0v) is 11.5. The Morgan fingerprint density at radius 1 is 1.41 bits per heavy atom. The minimum Gasteiger partial charge on any atom is -0.444 e. The fourth-order valence-corrected chi connectivity index (χ4v) is 1.41. The summed E-state index contributed by atoms with van der Waals surface area (Å²) < 4.78 is 5.55. The first kappa shape index (κ1) is 14.1. The molecule has 0 spiro atoms. The smallest absolute Gasteiger partial charge is 0.287 e. The van der Waals surface area contributed by atoms with Gasteiger partial charge in [-0.05, 0) is 35.0 Å². The molecule has 5 nitrogen and oxygen atoms in total. The molecule has 0 aliphatic carbocycles. The summed E-state index contributed by atoms with van der Waals surface area (Å²) in [6.45, 7) is 2.21. The monoisotopic (exact) mass is 322 g/mol. The maximum Gasteiger partial charge on any atom is 0.287 e. The van der Waals surface area contributed by atoms with Crippen molar-refractivity contribution in [2.45, 2.75) is 12.3 Å². The van der Waals surface area contributed by atoms with Crippen LogP contribution >= 0.6 is 27.5 Å². The predicted octanol–water partition coefficient (Wildman–Crippen LogP) is 1.52. The average molecular weight is 324 g/mol. The predicted molar refractivity (Wildman–Crippen MR) is 67.1 cm³/mol. The van der Waals surface area contributed by atoms with E-state index < -0.39 is 5.38 Å². The Labute approximate surface area is 112 Å². The third-order valence-corrected chi connectivity index (χ3v) is 2.49. The summed E-state index contributed by atoms with van der Waals surface area (Å²) in [5, 5.41) is 4.59. The highest BCUT2D eigenvalue weighted by atomic mass is 79.9. The summed E-state index contributed by atoms with van der Waals surface area (Å²) in [6.07, 6.45) is 0. The number of carbonyl (C=O) groups is 2. The third-order valence-electron chi connectivity index (χ3n) is 1.87. The fourth-order valence-electron chi connectivity index (χ4n) is 1.03. The van der Waals surface area contributed by atoms with Crippen LogP contribution in [0.15, 0.2) is 21.2 Å². The van der Waals surface area contributed by atoms with Gasteiger partial charge in [-0.25, -0.2) is 0 Å². The maximum absolute atomic E-state index is 11.5. The Balaban J connectivity index is 2.23. The molecule has 94 valence electrons. The quantitative estimate of drug-likeness (QED) is 0.637. The zero-order chi connectivity index (χ0) is 12.8. The summed E-state index contributed by atoms with van der Waals surface area (Å²) in [5.74, 6) is -0.376. The van der Waals surface area contributed by atoms with Crippen molar-refractivity contribution in [3.63, 3.8) is 0 Å². The van der Waals surface area contributed by atoms with Crippen LogP contribution in [0.4, 0.5) is 0 Å². The van der Waals surface area contributed by atoms with Gasteiger partial charge in [0.1, 0.15) is 5.38 Å². The second-order valence-electron chi connectivity index (χ2n) is 3.27. The average Bonchev–Trinajstić information content (AvgIpc) is 2.70. The Hall–Kier alpha value is -1.01. The first-order valence-electron chi connectivity index (χ1n) is 4.96. The summed E-state index contributed by atoms with van der Waals surface area (Å²) in [5.41, 5.74) is 0. The molecule has 0 radical (unpaired) electrons. The zero-order valence-electron chi connectivity index (χ0n) is 9.13. The van der Waals surface area contributed by atoms with Crippen LogP contribution in [-0.4, -0.2) is 30.3 Å². The molecule has 0 bridgehead atoms. The molecular weight excluding hydrogens is 311 g/mol. The van der Waals surface area contributed by atoms with Gasteiger partial charge < -0.3 is 15.1 Å². The van der Waals surface area contributed by atoms with Gasteiger partial charge >= 0.3 is 0 Å². The van der Waals surface area contributed by atoms with E-state index in [0.29, 0.717) is 17.8 Å². The van der Waals surface area contributed by atoms with Gasteiger partial charge in [-0.3, -0.25) is 9.59 Å². The molecule has 17 heavy (non-hydrogen) atoms. The van der Waals surface area contributed by atoms with Crippen LogP contribution in [0, 0.1) is 0 Å². The van der Waals surface area contributed by atoms with Crippen LogP contribution in [0.25, 0.3) is 0 Å². The van der Waals surface area contributed by atoms with Crippen LogP contribution in [0.3, 0.4) is 0 Å². The number of hydrogen-bond acceptors (Lipinski definition) is 3. The van der Waals surface area contributed by atoms with Crippen LogP contribution < -0.4 is 10.6 Å². The molecule has 0 aromatic carbocycles. The summed E-state index contributed by atoms with van der Waals surface area (Å²) in [6, 6.07) is 3.19. The van der Waals surface area contributed by atoms with E-state index in [2.05, 4.69) is 26.6 Å². The molecule has 7 heteroatoms. The van der Waals surface area contributed by atoms with E-state index in [0.717, 1.165) is 0 Å². The van der Waals surface area contributed by atoms with Crippen molar-refractivity contribution >= 4 is 39.3 Å². The molecule has 2 N–H and O–H groups in total. The standard InChI is InChI=1S/C10H12BrClN2O3/c1-6(12)9(15)13-4-5-14-10(16)7-2-3-8(11)17-7/h2-3,6H,4-5H2,1H3,(H,13,15)(H,14,16). The molecule has 0 aliphatic heterocycles. The van der Waals surface area contributed by atoms with Gasteiger partial charge in [0.05, 0.1) is 0 Å². The van der Waals surface area contributed by atoms with Crippen molar-refractivity contribution in [3.8, 4) is 0 Å². The lowest BCUT2D eigenvalue weighted by Gasteiger charge is -2.06. The van der Waals surface area contributed by atoms with Crippen LogP contribution in [0.1, 0.15) is 17.5 Å². The van der Waals surface area contributed by atoms with Crippen LogP contribution in [0.5, 0.6) is 0 Å². The van der Waals surface area contributed by atoms with E-state index in [1.54, 1.807) is 19.1 Å². The van der Waals surface area contributed by atoms with Crippen LogP contribution in [-0.2, 0) is 4.79 Å². The number of alkyl halides is 1. The SMILES string of the molecule is CC(Cl)C(=O)NCCNC(=O)c1ccc(Br)o1. The summed E-state index contributed by atoms with van der Waals surface area (Å²) >= 11 is 8.65. The molecule has 1 unspecified atom stereocenters. The number of hydrogen-bond donors (Lipinski definition) is 2. The van der Waals surface area contributed by atoms with Gasteiger partial charge in [-0.1, -0.05) is 0 Å². The minimum absolute atomic E-state index is 0.217. The molecule has 1 atom stereocenters. The lowest BCUT2D eigenvalue weighted by molar-refractivity contribution is -0.120. The summed E-state index contributed by atoms with van der Waals surface area (Å²) in [4.78, 5) is 22.6. The first-order chi connectivity index (χ1) is 8.00. The molecule has 0 saturated carbocycles. The molecule has 1 rings (SSSR count). The van der Waals surface area contributed by atoms with Crippen molar-refractivity contribution in [1.82, 2.24) is 10.6 Å². The highest BCUT2D eigenvalue weighted by molar-refractivity contribution is 9.10. The minimum atomic E-state index is -0.577. The largest absolute Gasteiger partial charge is 0.444 e. The van der Waals surface area contributed by atoms with Gasteiger partial charge in [0.25, 0.3) is 5.91 Å². The van der Waals surface area contributed by atoms with Crippen molar-refractivity contribution in [2.24, 2.45) is 0 Å². The van der Waals surface area contributed by atoms with Crippen molar-refractivity contribution in [3.05, 3.63) is 22.6 Å². The maximum atomic E-state index is 11.5. The molecule has 0 aliphatic rings. The van der Waals surface area contributed by atoms with E-state index in [1.807, 2.05) is 0 Å². The Bertz CT molecular complexity index is 406. The third kappa shape index (κ3) is 4.79. The van der Waals surface area contributed by atoms with E-state index >= 15 is 0 Å². The molecule has 1 aromatic rings. The van der Waals surface area contributed by atoms with E-state index in [1.165, 1.54) is 0 Å². The number of rotatable bonds is 5. The molecular formula is C10H12BrClN2O3. The number of amides is 2. The molecule has 0 fully saturated rings. The molecule has 2 amide bonds. The second-order valence-corrected chi connectivity index (χ2v) is 4.70. The van der Waals surface area contributed by atoms with Crippen LogP contribution in [0.2, 0.25) is 0 Å². The Kier molecular flexibility index (Phi) is 5.50. The first-order valence-corrected chi connectivity index (χ1v) is 6.19. The van der Waals surface area contributed by atoms with E-state index in [4.69, 9.17) is 16.0 Å². The lowest BCUT2D eigenvalue weighted by Crippen LogP contribution is -2.37. The number of nitrogens with one attached hydrogen (secondary N) is 2. The molecule has 0 saturated heterocycles. The topological polar surface area (TPSA) is 71.3 Å². The Morgan fingerprint density at radius 3 is 2.59 bits per heavy atom. The van der Waals surface area contributed by atoms with Crippen molar-refractivity contribution in [2.75, 3.05) is 13.1 Å². The highest BCUT2D eigenvalue weighted by Gasteiger charge is 2.10. The Morgan fingerprint density at radius 2 is 2.06 bits per heavy atom. The molecule has 1 aromatic heterocycles. The number of carbonyl (C=O) groups excluding carboxylic acids is 2. The lowest BCUT2D eigenvalue weighted by atomic mass is 10.4. The van der Waals surface area contributed by atoms with Gasteiger partial charge in [0.2, 0.25) is 5.91 Å². The van der Waals surface area contributed by atoms with Crippen molar-refractivity contribution < 1.29 is 14.0 Å². The summed E-state index contributed by atoms with van der Waals surface area (Å²) in [7, 11) is 0.